The molecule has 0 bridgehead atoms. The Morgan fingerprint density at radius 2 is 1.95 bits per heavy atom. The molecule has 1 fully saturated rings. The van der Waals surface area contributed by atoms with Gasteiger partial charge in [0.2, 0.25) is 0 Å². The predicted octanol–water partition coefficient (Wildman–Crippen LogP) is 5.73. The number of fused-ring (bicyclic) bond motifs is 1. The highest BCUT2D eigenvalue weighted by molar-refractivity contribution is 5.83. The van der Waals surface area contributed by atoms with Crippen LogP contribution in [0.1, 0.15) is 48.5 Å². The van der Waals surface area contributed by atoms with Crippen LogP contribution in [-0.4, -0.2) is 52.8 Å². The molecule has 204 valence electrons. The lowest BCUT2D eigenvalue weighted by Crippen LogP contribution is -2.44. The fourth-order valence-electron chi connectivity index (χ4n) is 5.36. The van der Waals surface area contributed by atoms with Crippen molar-refractivity contribution in [3.8, 4) is 5.75 Å². The van der Waals surface area contributed by atoms with Gasteiger partial charge in [0.1, 0.15) is 5.75 Å². The van der Waals surface area contributed by atoms with Crippen LogP contribution in [0.3, 0.4) is 0 Å². The van der Waals surface area contributed by atoms with E-state index in [1.807, 2.05) is 18.2 Å². The van der Waals surface area contributed by atoms with Crippen LogP contribution in [0.25, 0.3) is 10.9 Å². The van der Waals surface area contributed by atoms with Gasteiger partial charge in [-0.15, -0.1) is 0 Å². The summed E-state index contributed by atoms with van der Waals surface area (Å²) in [7, 11) is 1.58. The van der Waals surface area contributed by atoms with E-state index >= 15 is 0 Å². The first-order chi connectivity index (χ1) is 18.2. The zero-order chi connectivity index (χ0) is 27.3. The first kappa shape index (κ1) is 27.9. The summed E-state index contributed by atoms with van der Waals surface area (Å²) in [6, 6.07) is 12.5. The second-order valence-corrected chi connectivity index (χ2v) is 9.97. The van der Waals surface area contributed by atoms with Crippen molar-refractivity contribution in [3.63, 3.8) is 0 Å². The molecule has 4 rings (SSSR count). The maximum absolute atomic E-state index is 12.7. The zero-order valence-electron chi connectivity index (χ0n) is 21.3. The number of halogens is 3. The smallest absolute Gasteiger partial charge is 0.416 e. The molecule has 0 spiro atoms. The minimum absolute atomic E-state index is 0.0454. The standard InChI is InChI=1S/C29H33F3N2O4/c1-38-22-9-10-26-24(17-22)23(12-14-33-26)27(35)11-6-20-13-16-34(18-25(20)28(36)37)15-2-3-19-4-7-21(8-5-19)29(30,31)32/h4-5,7-10,12,14,17,20,25,27,35H,2-3,6,11,13,15-16,18H2,1H3,(H,36,37)/t20-,25+,27?/m1/s1. The fraction of sp³-hybridized carbons (Fsp3) is 0.448. The van der Waals surface area contributed by atoms with Gasteiger partial charge in [-0.2, -0.15) is 13.2 Å². The Morgan fingerprint density at radius 3 is 2.63 bits per heavy atom. The number of benzene rings is 2. The first-order valence-corrected chi connectivity index (χ1v) is 12.9. The molecule has 9 heteroatoms. The number of pyridine rings is 1. The van der Waals surface area contributed by atoms with Crippen molar-refractivity contribution in [1.29, 1.82) is 0 Å². The molecular weight excluding hydrogens is 497 g/mol. The van der Waals surface area contributed by atoms with Gasteiger partial charge in [0.25, 0.3) is 0 Å². The quantitative estimate of drug-likeness (QED) is 0.348. The number of hydrogen-bond donors (Lipinski definition) is 2. The van der Waals surface area contributed by atoms with E-state index in [4.69, 9.17) is 4.74 Å². The molecule has 2 aromatic carbocycles. The second-order valence-electron chi connectivity index (χ2n) is 9.97. The molecule has 1 unspecified atom stereocenters. The van der Waals surface area contributed by atoms with Crippen LogP contribution >= 0.6 is 0 Å². The average molecular weight is 531 g/mol. The van der Waals surface area contributed by atoms with Crippen molar-refractivity contribution >= 4 is 16.9 Å². The van der Waals surface area contributed by atoms with Crippen LogP contribution in [0.5, 0.6) is 5.75 Å². The van der Waals surface area contributed by atoms with E-state index in [1.54, 1.807) is 19.4 Å². The number of aromatic nitrogens is 1. The van der Waals surface area contributed by atoms with Crippen LogP contribution in [0.2, 0.25) is 0 Å². The van der Waals surface area contributed by atoms with Gasteiger partial charge in [-0.1, -0.05) is 12.1 Å². The lowest BCUT2D eigenvalue weighted by atomic mass is 9.81. The number of aliphatic carboxylic acids is 1. The maximum atomic E-state index is 12.7. The number of likely N-dealkylation sites (tertiary alicyclic amines) is 1. The number of piperidine rings is 1. The maximum Gasteiger partial charge on any atom is 0.416 e. The number of alkyl halides is 3. The molecule has 0 saturated carbocycles. The Balaban J connectivity index is 1.30. The van der Waals surface area contributed by atoms with Crippen LogP contribution < -0.4 is 4.74 Å². The SMILES string of the molecule is COc1ccc2nccc(C(O)CC[C@@H]3CCN(CCCc4ccc(C(F)(F)F)cc4)C[C@@H]3C(=O)O)c2c1. The van der Waals surface area contributed by atoms with E-state index < -0.39 is 29.7 Å². The summed E-state index contributed by atoms with van der Waals surface area (Å²) in [5.74, 6) is -0.737. The number of rotatable bonds is 10. The van der Waals surface area contributed by atoms with E-state index in [1.165, 1.54) is 12.1 Å². The molecule has 0 amide bonds. The molecule has 0 aliphatic carbocycles. The average Bonchev–Trinajstić information content (AvgIpc) is 2.91. The molecule has 2 heterocycles. The minimum atomic E-state index is -4.34. The number of aliphatic hydroxyl groups excluding tert-OH is 1. The first-order valence-electron chi connectivity index (χ1n) is 12.9. The molecule has 6 nitrogen and oxygen atoms in total. The summed E-state index contributed by atoms with van der Waals surface area (Å²) >= 11 is 0. The molecule has 3 atom stereocenters. The summed E-state index contributed by atoms with van der Waals surface area (Å²) in [6.07, 6.45) is -0.310. The molecule has 1 aromatic heterocycles. The minimum Gasteiger partial charge on any atom is -0.497 e. The summed E-state index contributed by atoms with van der Waals surface area (Å²) in [6.45, 7) is 1.87. The van der Waals surface area contributed by atoms with Gasteiger partial charge >= 0.3 is 12.1 Å². The highest BCUT2D eigenvalue weighted by Crippen LogP contribution is 2.34. The van der Waals surface area contributed by atoms with Crippen LogP contribution in [0.15, 0.2) is 54.7 Å². The van der Waals surface area contributed by atoms with Crippen LogP contribution in [0.4, 0.5) is 13.2 Å². The van der Waals surface area contributed by atoms with Gasteiger partial charge in [-0.05, 0) is 98.6 Å². The third-order valence-corrected chi connectivity index (χ3v) is 7.53. The Bertz CT molecular complexity index is 1230. The lowest BCUT2D eigenvalue weighted by Gasteiger charge is -2.37. The monoisotopic (exact) mass is 530 g/mol. The lowest BCUT2D eigenvalue weighted by molar-refractivity contribution is -0.146. The highest BCUT2D eigenvalue weighted by atomic mass is 19.4. The Labute approximate surface area is 220 Å². The largest absolute Gasteiger partial charge is 0.497 e. The van der Waals surface area contributed by atoms with Gasteiger partial charge in [0.05, 0.1) is 30.2 Å². The fourth-order valence-corrected chi connectivity index (χ4v) is 5.36. The van der Waals surface area contributed by atoms with E-state index in [0.717, 1.165) is 53.5 Å². The molecule has 0 radical (unpaired) electrons. The summed E-state index contributed by atoms with van der Waals surface area (Å²) in [5.41, 5.74) is 1.68. The molecule has 3 aromatic rings. The highest BCUT2D eigenvalue weighted by Gasteiger charge is 2.34. The van der Waals surface area contributed by atoms with E-state index in [9.17, 15) is 28.2 Å². The number of aryl methyl sites for hydroxylation is 1. The summed E-state index contributed by atoms with van der Waals surface area (Å²) in [4.78, 5) is 18.6. The van der Waals surface area contributed by atoms with Crippen molar-refractivity contribution < 1.29 is 32.9 Å². The van der Waals surface area contributed by atoms with Gasteiger partial charge in [-0.25, -0.2) is 0 Å². The number of ether oxygens (including phenoxy) is 1. The van der Waals surface area contributed by atoms with Crippen molar-refractivity contribution in [2.24, 2.45) is 11.8 Å². The number of hydrogen-bond acceptors (Lipinski definition) is 5. The third kappa shape index (κ3) is 6.82. The number of nitrogens with zero attached hydrogens (tertiary/aromatic N) is 2. The van der Waals surface area contributed by atoms with E-state index in [2.05, 4.69) is 9.88 Å². The molecule has 1 aliphatic rings. The van der Waals surface area contributed by atoms with Crippen LogP contribution in [0, 0.1) is 11.8 Å². The topological polar surface area (TPSA) is 82.9 Å². The predicted molar refractivity (Wildman–Crippen MR) is 138 cm³/mol. The number of carbonyl (C=O) groups is 1. The molecule has 38 heavy (non-hydrogen) atoms. The van der Waals surface area contributed by atoms with Gasteiger partial charge in [-0.3, -0.25) is 9.78 Å². The van der Waals surface area contributed by atoms with Gasteiger partial charge in [0.15, 0.2) is 0 Å². The third-order valence-electron chi connectivity index (χ3n) is 7.53. The van der Waals surface area contributed by atoms with E-state index in [0.29, 0.717) is 38.1 Å². The molecule has 1 aliphatic heterocycles. The Morgan fingerprint density at radius 1 is 1.18 bits per heavy atom. The molecule has 2 N–H and O–H groups in total. The summed E-state index contributed by atoms with van der Waals surface area (Å²) in [5, 5.41) is 21.7. The van der Waals surface area contributed by atoms with Crippen molar-refractivity contribution in [2.75, 3.05) is 26.7 Å². The van der Waals surface area contributed by atoms with Crippen molar-refractivity contribution in [1.82, 2.24) is 9.88 Å². The van der Waals surface area contributed by atoms with E-state index in [-0.39, 0.29) is 5.92 Å². The molecule has 1 saturated heterocycles. The summed E-state index contributed by atoms with van der Waals surface area (Å²) < 4.78 is 43.6. The second kappa shape index (κ2) is 12.1. The number of carboxylic acid groups (broad SMARTS) is 1. The van der Waals surface area contributed by atoms with Crippen molar-refractivity contribution in [3.05, 3.63) is 71.4 Å². The van der Waals surface area contributed by atoms with Crippen molar-refractivity contribution in [2.45, 2.75) is 44.4 Å². The zero-order valence-corrected chi connectivity index (χ0v) is 21.3. The van der Waals surface area contributed by atoms with Crippen LogP contribution in [-0.2, 0) is 17.4 Å². The Kier molecular flexibility index (Phi) is 8.89. The number of methoxy groups -OCH3 is 1. The number of aliphatic hydroxyl groups is 1. The molecular formula is C29H33F3N2O4. The number of carboxylic acids is 1. The normalized spacial score (nSPS) is 19.4. The van der Waals surface area contributed by atoms with Gasteiger partial charge < -0.3 is 19.8 Å². The Hall–Kier alpha value is -3.17. The van der Waals surface area contributed by atoms with Gasteiger partial charge in [0, 0.05) is 18.1 Å².